The summed E-state index contributed by atoms with van der Waals surface area (Å²) in [6.45, 7) is 0.637. The summed E-state index contributed by atoms with van der Waals surface area (Å²) in [4.78, 5) is 9.43. The van der Waals surface area contributed by atoms with Gasteiger partial charge in [-0.25, -0.2) is 0 Å². The summed E-state index contributed by atoms with van der Waals surface area (Å²) in [5, 5.41) is 10.0. The van der Waals surface area contributed by atoms with Crippen LogP contribution in [0, 0.1) is 17.0 Å². The SMILES string of the molecule is Cc1ccccc1S(=O)(=O)OCC[N+](=O)[O-]. The van der Waals surface area contributed by atoms with E-state index in [0.717, 1.165) is 0 Å². The van der Waals surface area contributed by atoms with Crippen LogP contribution in [0.5, 0.6) is 0 Å². The van der Waals surface area contributed by atoms with Gasteiger partial charge in [-0.15, -0.1) is 0 Å². The Kier molecular flexibility index (Phi) is 3.97. The van der Waals surface area contributed by atoms with Crippen molar-refractivity contribution in [2.24, 2.45) is 0 Å². The van der Waals surface area contributed by atoms with Crippen LogP contribution >= 0.6 is 0 Å². The molecule has 0 aliphatic heterocycles. The Bertz CT molecular complexity index is 482. The highest BCUT2D eigenvalue weighted by molar-refractivity contribution is 7.86. The minimum Gasteiger partial charge on any atom is -0.264 e. The van der Waals surface area contributed by atoms with Crippen LogP contribution in [0.25, 0.3) is 0 Å². The number of rotatable bonds is 5. The van der Waals surface area contributed by atoms with Crippen molar-refractivity contribution < 1.29 is 17.5 Å². The van der Waals surface area contributed by atoms with E-state index in [4.69, 9.17) is 0 Å². The van der Waals surface area contributed by atoms with Crippen molar-refractivity contribution in [2.75, 3.05) is 13.2 Å². The summed E-state index contributed by atoms with van der Waals surface area (Å²) in [6, 6.07) is 6.29. The zero-order valence-electron chi connectivity index (χ0n) is 8.62. The molecule has 0 aromatic heterocycles. The molecule has 0 saturated heterocycles. The van der Waals surface area contributed by atoms with Crippen LogP contribution in [-0.2, 0) is 14.3 Å². The first-order valence-corrected chi connectivity index (χ1v) is 5.91. The second kappa shape index (κ2) is 5.04. The Labute approximate surface area is 93.1 Å². The standard InChI is InChI=1S/C9H11NO5S/c1-8-4-2-3-5-9(8)16(13,14)15-7-6-10(11)12/h2-5H,6-7H2,1H3. The molecule has 0 aliphatic carbocycles. The molecule has 0 saturated carbocycles. The molecule has 16 heavy (non-hydrogen) atoms. The molecule has 0 aliphatic rings. The van der Waals surface area contributed by atoms with Gasteiger partial charge in [0.2, 0.25) is 6.54 Å². The van der Waals surface area contributed by atoms with Crippen molar-refractivity contribution in [1.29, 1.82) is 0 Å². The zero-order valence-corrected chi connectivity index (χ0v) is 9.44. The minimum atomic E-state index is -3.89. The van der Waals surface area contributed by atoms with Crippen LogP contribution in [0.3, 0.4) is 0 Å². The highest BCUT2D eigenvalue weighted by atomic mass is 32.2. The molecule has 0 N–H and O–H groups in total. The van der Waals surface area contributed by atoms with E-state index >= 15 is 0 Å². The highest BCUT2D eigenvalue weighted by Crippen LogP contribution is 2.16. The van der Waals surface area contributed by atoms with Gasteiger partial charge in [-0.05, 0) is 18.6 Å². The molecule has 88 valence electrons. The highest BCUT2D eigenvalue weighted by Gasteiger charge is 2.17. The van der Waals surface area contributed by atoms with E-state index in [-0.39, 0.29) is 4.90 Å². The summed E-state index contributed by atoms with van der Waals surface area (Å²) in [5.41, 5.74) is 0.545. The first-order valence-electron chi connectivity index (χ1n) is 4.50. The molecule has 0 radical (unpaired) electrons. The van der Waals surface area contributed by atoms with Crippen LogP contribution < -0.4 is 0 Å². The molecule has 0 atom stereocenters. The number of aryl methyl sites for hydroxylation is 1. The lowest BCUT2D eigenvalue weighted by atomic mass is 10.2. The quantitative estimate of drug-likeness (QED) is 0.438. The Morgan fingerprint density at radius 2 is 2.00 bits per heavy atom. The Morgan fingerprint density at radius 1 is 1.38 bits per heavy atom. The van der Waals surface area contributed by atoms with Crippen LogP contribution in [0.2, 0.25) is 0 Å². The van der Waals surface area contributed by atoms with Gasteiger partial charge in [-0.1, -0.05) is 18.2 Å². The molecular weight excluding hydrogens is 234 g/mol. The number of nitrogens with zero attached hydrogens (tertiary/aromatic N) is 1. The van der Waals surface area contributed by atoms with E-state index in [1.54, 1.807) is 25.1 Å². The maximum atomic E-state index is 11.6. The minimum absolute atomic E-state index is 0.0401. The average molecular weight is 245 g/mol. The number of hydrogen-bond acceptors (Lipinski definition) is 5. The average Bonchev–Trinajstić information content (AvgIpc) is 2.17. The predicted molar refractivity (Wildman–Crippen MR) is 56.2 cm³/mol. The summed E-state index contributed by atoms with van der Waals surface area (Å²) < 4.78 is 27.7. The van der Waals surface area contributed by atoms with Crippen molar-refractivity contribution in [3.63, 3.8) is 0 Å². The molecule has 0 spiro atoms. The predicted octanol–water partition coefficient (Wildman–Crippen LogP) is 0.977. The van der Waals surface area contributed by atoms with Gasteiger partial charge in [0, 0.05) is 4.92 Å². The number of benzene rings is 1. The van der Waals surface area contributed by atoms with Crippen LogP contribution in [0.4, 0.5) is 0 Å². The third-order valence-corrected chi connectivity index (χ3v) is 3.35. The molecule has 0 fully saturated rings. The second-order valence-corrected chi connectivity index (χ2v) is 4.68. The van der Waals surface area contributed by atoms with Gasteiger partial charge >= 0.3 is 0 Å². The molecule has 1 rings (SSSR count). The van der Waals surface area contributed by atoms with Gasteiger partial charge in [0.25, 0.3) is 10.1 Å². The van der Waals surface area contributed by atoms with Crippen molar-refractivity contribution in [2.45, 2.75) is 11.8 Å². The molecule has 6 nitrogen and oxygen atoms in total. The fourth-order valence-corrected chi connectivity index (χ4v) is 2.25. The summed E-state index contributed by atoms with van der Waals surface area (Å²) >= 11 is 0. The van der Waals surface area contributed by atoms with Gasteiger partial charge in [0.15, 0.2) is 0 Å². The number of nitro groups is 1. The zero-order chi connectivity index (χ0) is 12.2. The maximum absolute atomic E-state index is 11.6. The lowest BCUT2D eigenvalue weighted by Gasteiger charge is -2.05. The van der Waals surface area contributed by atoms with Gasteiger partial charge < -0.3 is 0 Å². The number of hydrogen-bond donors (Lipinski definition) is 0. The van der Waals surface area contributed by atoms with Crippen LogP contribution in [-0.4, -0.2) is 26.5 Å². The van der Waals surface area contributed by atoms with Gasteiger partial charge in [0.1, 0.15) is 6.61 Å². The Balaban J connectivity index is 2.79. The first-order chi connectivity index (χ1) is 7.43. The summed E-state index contributed by atoms with van der Waals surface area (Å²) in [6.07, 6.45) is 0. The molecule has 1 aromatic carbocycles. The molecule has 0 heterocycles. The topological polar surface area (TPSA) is 86.5 Å². The van der Waals surface area contributed by atoms with Crippen LogP contribution in [0.15, 0.2) is 29.2 Å². The fourth-order valence-electron chi connectivity index (χ4n) is 1.12. The smallest absolute Gasteiger partial charge is 0.264 e. The van der Waals surface area contributed by atoms with Crippen molar-refractivity contribution in [3.05, 3.63) is 39.9 Å². The Morgan fingerprint density at radius 3 is 2.56 bits per heavy atom. The molecule has 0 amide bonds. The van der Waals surface area contributed by atoms with E-state index in [1.165, 1.54) is 6.07 Å². The largest absolute Gasteiger partial charge is 0.297 e. The van der Waals surface area contributed by atoms with Crippen LogP contribution in [0.1, 0.15) is 5.56 Å². The summed E-state index contributed by atoms with van der Waals surface area (Å²) in [7, 11) is -3.89. The lowest BCUT2D eigenvalue weighted by Crippen LogP contribution is -2.14. The van der Waals surface area contributed by atoms with Gasteiger partial charge in [0.05, 0.1) is 4.90 Å². The molecular formula is C9H11NO5S. The van der Waals surface area contributed by atoms with E-state index in [9.17, 15) is 18.5 Å². The summed E-state index contributed by atoms with van der Waals surface area (Å²) in [5.74, 6) is 0. The van der Waals surface area contributed by atoms with E-state index < -0.39 is 28.2 Å². The fraction of sp³-hybridized carbons (Fsp3) is 0.333. The van der Waals surface area contributed by atoms with Crippen molar-refractivity contribution >= 4 is 10.1 Å². The third-order valence-electron chi connectivity index (χ3n) is 1.88. The molecule has 0 unspecified atom stereocenters. The molecule has 0 bridgehead atoms. The van der Waals surface area contributed by atoms with Gasteiger partial charge in [-0.3, -0.25) is 14.3 Å². The van der Waals surface area contributed by atoms with E-state index in [2.05, 4.69) is 4.18 Å². The molecule has 7 heteroatoms. The molecule has 1 aromatic rings. The second-order valence-electron chi connectivity index (χ2n) is 3.10. The van der Waals surface area contributed by atoms with E-state index in [1.807, 2.05) is 0 Å². The normalized spacial score (nSPS) is 11.3. The van der Waals surface area contributed by atoms with Gasteiger partial charge in [-0.2, -0.15) is 8.42 Å². The maximum Gasteiger partial charge on any atom is 0.297 e. The van der Waals surface area contributed by atoms with Crippen molar-refractivity contribution in [1.82, 2.24) is 0 Å². The van der Waals surface area contributed by atoms with E-state index in [0.29, 0.717) is 5.56 Å². The monoisotopic (exact) mass is 245 g/mol. The Hall–Kier alpha value is -1.47. The first kappa shape index (κ1) is 12.6. The lowest BCUT2D eigenvalue weighted by molar-refractivity contribution is -0.481. The van der Waals surface area contributed by atoms with Crippen molar-refractivity contribution in [3.8, 4) is 0 Å². The third kappa shape index (κ3) is 3.28.